The Bertz CT molecular complexity index is 502. The second-order valence-electron chi connectivity index (χ2n) is 4.15. The lowest BCUT2D eigenvalue weighted by molar-refractivity contribution is 0.638. The first-order chi connectivity index (χ1) is 8.10. The van der Waals surface area contributed by atoms with E-state index in [1.165, 1.54) is 21.6 Å². The highest BCUT2D eigenvalue weighted by atomic mass is 79.9. The van der Waals surface area contributed by atoms with Crippen LogP contribution in [-0.4, -0.2) is 0 Å². The van der Waals surface area contributed by atoms with Crippen LogP contribution < -0.4 is 11.3 Å². The van der Waals surface area contributed by atoms with E-state index in [0.29, 0.717) is 0 Å². The summed E-state index contributed by atoms with van der Waals surface area (Å²) >= 11 is 5.27. The maximum atomic E-state index is 5.69. The van der Waals surface area contributed by atoms with Crippen LogP contribution in [0.5, 0.6) is 0 Å². The molecule has 0 aliphatic rings. The monoisotopic (exact) mass is 310 g/mol. The maximum absolute atomic E-state index is 5.69. The van der Waals surface area contributed by atoms with Crippen LogP contribution in [0.15, 0.2) is 34.1 Å². The second kappa shape index (κ2) is 5.31. The summed E-state index contributed by atoms with van der Waals surface area (Å²) in [5.74, 6) is 5.69. The molecule has 0 saturated carbocycles. The zero-order valence-electron chi connectivity index (χ0n) is 9.83. The van der Waals surface area contributed by atoms with E-state index in [4.69, 9.17) is 5.84 Å². The molecular weight excluding hydrogens is 296 g/mol. The Morgan fingerprint density at radius 3 is 2.47 bits per heavy atom. The molecule has 90 valence electrons. The summed E-state index contributed by atoms with van der Waals surface area (Å²) in [5.41, 5.74) is 6.51. The first-order valence-electron chi connectivity index (χ1n) is 5.38. The van der Waals surface area contributed by atoms with Crippen molar-refractivity contribution < 1.29 is 0 Å². The zero-order valence-corrected chi connectivity index (χ0v) is 12.2. The van der Waals surface area contributed by atoms with Crippen LogP contribution in [0.1, 0.15) is 27.6 Å². The number of aryl methyl sites for hydroxylation is 2. The fourth-order valence-corrected chi connectivity index (χ4v) is 3.29. The molecule has 3 N–H and O–H groups in total. The summed E-state index contributed by atoms with van der Waals surface area (Å²) in [6.45, 7) is 4.19. The zero-order chi connectivity index (χ0) is 12.4. The average Bonchev–Trinajstić information content (AvgIpc) is 2.64. The molecule has 17 heavy (non-hydrogen) atoms. The minimum absolute atomic E-state index is 0.0520. The van der Waals surface area contributed by atoms with Crippen LogP contribution in [0.2, 0.25) is 0 Å². The van der Waals surface area contributed by atoms with Gasteiger partial charge in [0, 0.05) is 9.35 Å². The highest BCUT2D eigenvalue weighted by Gasteiger charge is 2.14. The molecule has 1 atom stereocenters. The minimum Gasteiger partial charge on any atom is -0.271 e. The van der Waals surface area contributed by atoms with Crippen molar-refractivity contribution in [1.29, 1.82) is 0 Å². The van der Waals surface area contributed by atoms with Crippen LogP contribution in [0.25, 0.3) is 0 Å². The van der Waals surface area contributed by atoms with E-state index in [1.807, 2.05) is 0 Å². The third-order valence-electron chi connectivity index (χ3n) is 2.65. The third kappa shape index (κ3) is 2.96. The number of rotatable bonds is 3. The van der Waals surface area contributed by atoms with Gasteiger partial charge in [0.2, 0.25) is 0 Å². The highest BCUT2D eigenvalue weighted by Crippen LogP contribution is 2.28. The molecule has 1 aromatic carbocycles. The fourth-order valence-electron chi connectivity index (χ4n) is 1.93. The Hall–Kier alpha value is -0.680. The Morgan fingerprint density at radius 2 is 1.94 bits per heavy atom. The molecule has 1 aromatic heterocycles. The van der Waals surface area contributed by atoms with Crippen molar-refractivity contribution in [1.82, 2.24) is 5.43 Å². The van der Waals surface area contributed by atoms with E-state index in [2.05, 4.69) is 64.8 Å². The van der Waals surface area contributed by atoms with E-state index in [-0.39, 0.29) is 6.04 Å². The quantitative estimate of drug-likeness (QED) is 0.670. The van der Waals surface area contributed by atoms with Crippen molar-refractivity contribution in [2.24, 2.45) is 5.84 Å². The Morgan fingerprint density at radius 1 is 1.18 bits per heavy atom. The molecule has 0 aliphatic carbocycles. The molecule has 2 nitrogen and oxygen atoms in total. The van der Waals surface area contributed by atoms with Crippen molar-refractivity contribution in [3.63, 3.8) is 0 Å². The van der Waals surface area contributed by atoms with Gasteiger partial charge in [-0.3, -0.25) is 5.84 Å². The molecule has 2 rings (SSSR count). The number of halogens is 1. The Kier molecular flexibility index (Phi) is 3.99. The number of hydrogen-bond acceptors (Lipinski definition) is 3. The SMILES string of the molecule is Cc1cc(Br)cc(C(NN)c2csc(C)c2)c1. The molecule has 0 spiro atoms. The molecule has 0 aliphatic heterocycles. The maximum Gasteiger partial charge on any atom is 0.0718 e. The van der Waals surface area contributed by atoms with Crippen LogP contribution in [-0.2, 0) is 0 Å². The van der Waals surface area contributed by atoms with E-state index in [9.17, 15) is 0 Å². The lowest BCUT2D eigenvalue weighted by atomic mass is 10.00. The predicted molar refractivity (Wildman–Crippen MR) is 77.1 cm³/mol. The first kappa shape index (κ1) is 12.8. The summed E-state index contributed by atoms with van der Waals surface area (Å²) in [4.78, 5) is 1.30. The van der Waals surface area contributed by atoms with E-state index < -0.39 is 0 Å². The Labute approximate surface area is 114 Å². The smallest absolute Gasteiger partial charge is 0.0718 e. The van der Waals surface area contributed by atoms with Crippen LogP contribution in [0, 0.1) is 13.8 Å². The summed E-state index contributed by atoms with van der Waals surface area (Å²) < 4.78 is 1.08. The average molecular weight is 311 g/mol. The van der Waals surface area contributed by atoms with E-state index in [0.717, 1.165) is 4.47 Å². The van der Waals surface area contributed by atoms with Crippen LogP contribution in [0.4, 0.5) is 0 Å². The number of benzene rings is 1. The standard InChI is InChI=1S/C13H15BrN2S/c1-8-3-10(6-12(14)4-8)13(16-15)11-5-9(2)17-7-11/h3-7,13,16H,15H2,1-2H3. The largest absolute Gasteiger partial charge is 0.271 e. The van der Waals surface area contributed by atoms with Gasteiger partial charge in [-0.2, -0.15) is 0 Å². The van der Waals surface area contributed by atoms with Gasteiger partial charge in [-0.1, -0.05) is 22.0 Å². The molecule has 2 aromatic rings. The second-order valence-corrected chi connectivity index (χ2v) is 6.18. The molecule has 0 bridgehead atoms. The van der Waals surface area contributed by atoms with Gasteiger partial charge in [-0.15, -0.1) is 11.3 Å². The van der Waals surface area contributed by atoms with Gasteiger partial charge in [-0.05, 0) is 54.1 Å². The lowest BCUT2D eigenvalue weighted by Crippen LogP contribution is -2.28. The predicted octanol–water partition coefficient (Wildman–Crippen LogP) is 3.68. The molecule has 0 amide bonds. The van der Waals surface area contributed by atoms with E-state index in [1.54, 1.807) is 11.3 Å². The van der Waals surface area contributed by atoms with E-state index >= 15 is 0 Å². The third-order valence-corrected chi connectivity index (χ3v) is 3.99. The van der Waals surface area contributed by atoms with Gasteiger partial charge >= 0.3 is 0 Å². The topological polar surface area (TPSA) is 38.0 Å². The molecule has 4 heteroatoms. The van der Waals surface area contributed by atoms with Gasteiger partial charge in [-0.25, -0.2) is 5.43 Å². The molecule has 1 heterocycles. The normalized spacial score (nSPS) is 12.7. The summed E-state index contributed by atoms with van der Waals surface area (Å²) in [7, 11) is 0. The molecule has 0 radical (unpaired) electrons. The number of thiophene rings is 1. The Balaban J connectivity index is 2.41. The van der Waals surface area contributed by atoms with Crippen molar-refractivity contribution in [2.45, 2.75) is 19.9 Å². The minimum atomic E-state index is 0.0520. The number of hydrogen-bond donors (Lipinski definition) is 2. The molecule has 0 fully saturated rings. The summed E-state index contributed by atoms with van der Waals surface area (Å²) in [6.07, 6.45) is 0. The molecular formula is C13H15BrN2S. The van der Waals surface area contributed by atoms with Crippen molar-refractivity contribution >= 4 is 27.3 Å². The number of hydrazine groups is 1. The first-order valence-corrected chi connectivity index (χ1v) is 7.05. The van der Waals surface area contributed by atoms with Crippen LogP contribution in [0.3, 0.4) is 0 Å². The number of nitrogens with two attached hydrogens (primary N) is 1. The molecule has 0 saturated heterocycles. The molecule has 1 unspecified atom stereocenters. The summed E-state index contributed by atoms with van der Waals surface area (Å²) in [5, 5.41) is 2.15. The van der Waals surface area contributed by atoms with Crippen molar-refractivity contribution in [3.8, 4) is 0 Å². The van der Waals surface area contributed by atoms with Crippen molar-refractivity contribution in [2.75, 3.05) is 0 Å². The summed E-state index contributed by atoms with van der Waals surface area (Å²) in [6, 6.07) is 8.57. The fraction of sp³-hybridized carbons (Fsp3) is 0.231. The van der Waals surface area contributed by atoms with Gasteiger partial charge in [0.1, 0.15) is 0 Å². The van der Waals surface area contributed by atoms with Gasteiger partial charge < -0.3 is 0 Å². The van der Waals surface area contributed by atoms with Gasteiger partial charge in [0.05, 0.1) is 6.04 Å². The van der Waals surface area contributed by atoms with Gasteiger partial charge in [0.15, 0.2) is 0 Å². The van der Waals surface area contributed by atoms with Crippen LogP contribution >= 0.6 is 27.3 Å². The number of nitrogens with one attached hydrogen (secondary N) is 1. The van der Waals surface area contributed by atoms with Gasteiger partial charge in [0.25, 0.3) is 0 Å². The highest BCUT2D eigenvalue weighted by molar-refractivity contribution is 9.10. The van der Waals surface area contributed by atoms with Crippen molar-refractivity contribution in [3.05, 3.63) is 55.7 Å². The lowest BCUT2D eigenvalue weighted by Gasteiger charge is -2.16.